The average Bonchev–Trinajstić information content (AvgIpc) is 2.86. The molecule has 0 saturated carbocycles. The van der Waals surface area contributed by atoms with E-state index in [1.807, 2.05) is 18.2 Å². The molecule has 0 atom stereocenters. The maximum atomic E-state index is 4.83. The average molecular weight is 309 g/mol. The molecule has 120 valence electrons. The zero-order valence-corrected chi connectivity index (χ0v) is 14.2. The molecule has 0 aliphatic rings. The standard InChI is InChI=1S/C19H25N4/c1-4-5-9-12-22-18-14-15(2)13-16(3)23(18)19(21-22)20-17-10-7-6-8-11-17/h6-8,10-11,13-14H,4-5,9,12H2,1-3H3,(H,20,21)/q+1. The summed E-state index contributed by atoms with van der Waals surface area (Å²) in [4.78, 5) is 0. The number of aryl methyl sites for hydroxylation is 3. The topological polar surface area (TPSA) is 34.0 Å². The van der Waals surface area contributed by atoms with Gasteiger partial charge in [0.25, 0.3) is 0 Å². The highest BCUT2D eigenvalue weighted by molar-refractivity contribution is 5.52. The van der Waals surface area contributed by atoms with E-state index in [1.165, 1.54) is 24.1 Å². The molecule has 0 fully saturated rings. The van der Waals surface area contributed by atoms with Gasteiger partial charge >= 0.3 is 5.95 Å². The minimum Gasteiger partial charge on any atom is -0.260 e. The Hall–Kier alpha value is -2.36. The number of fused-ring (bicyclic) bond motifs is 1. The molecule has 1 aromatic carbocycles. The van der Waals surface area contributed by atoms with Gasteiger partial charge in [0.1, 0.15) is 0 Å². The van der Waals surface area contributed by atoms with Crippen LogP contribution in [-0.4, -0.2) is 9.78 Å². The highest BCUT2D eigenvalue weighted by Crippen LogP contribution is 2.15. The number of nitrogens with one attached hydrogen (secondary N) is 1. The van der Waals surface area contributed by atoms with Crippen LogP contribution in [0.3, 0.4) is 0 Å². The van der Waals surface area contributed by atoms with Crippen molar-refractivity contribution in [1.29, 1.82) is 0 Å². The van der Waals surface area contributed by atoms with Gasteiger partial charge in [0.15, 0.2) is 0 Å². The van der Waals surface area contributed by atoms with Gasteiger partial charge in [0, 0.05) is 11.2 Å². The molecule has 0 bridgehead atoms. The van der Waals surface area contributed by atoms with Crippen LogP contribution in [0.5, 0.6) is 0 Å². The van der Waals surface area contributed by atoms with Gasteiger partial charge in [-0.2, -0.15) is 4.40 Å². The van der Waals surface area contributed by atoms with Crippen LogP contribution in [0.4, 0.5) is 11.6 Å². The first-order valence-corrected chi connectivity index (χ1v) is 8.41. The summed E-state index contributed by atoms with van der Waals surface area (Å²) < 4.78 is 4.33. The third kappa shape index (κ3) is 3.36. The first-order chi connectivity index (χ1) is 11.2. The summed E-state index contributed by atoms with van der Waals surface area (Å²) in [5, 5.41) is 8.28. The zero-order chi connectivity index (χ0) is 16.2. The third-order valence-corrected chi connectivity index (χ3v) is 4.07. The zero-order valence-electron chi connectivity index (χ0n) is 14.2. The molecule has 3 rings (SSSR count). The van der Waals surface area contributed by atoms with Crippen molar-refractivity contribution < 1.29 is 4.40 Å². The van der Waals surface area contributed by atoms with E-state index in [0.717, 1.165) is 30.2 Å². The summed E-state index contributed by atoms with van der Waals surface area (Å²) in [5.41, 5.74) is 4.67. The van der Waals surface area contributed by atoms with Gasteiger partial charge in [0.05, 0.1) is 17.9 Å². The van der Waals surface area contributed by atoms with Gasteiger partial charge in [-0.15, -0.1) is 4.68 Å². The van der Waals surface area contributed by atoms with E-state index in [-0.39, 0.29) is 0 Å². The summed E-state index contributed by atoms with van der Waals surface area (Å²) in [6.07, 6.45) is 3.61. The highest BCUT2D eigenvalue weighted by atomic mass is 15.4. The molecule has 0 unspecified atom stereocenters. The number of aromatic nitrogens is 3. The van der Waals surface area contributed by atoms with Crippen LogP contribution in [0.2, 0.25) is 0 Å². The van der Waals surface area contributed by atoms with Crippen molar-refractivity contribution in [2.24, 2.45) is 0 Å². The number of rotatable bonds is 6. The second-order valence-corrected chi connectivity index (χ2v) is 6.11. The van der Waals surface area contributed by atoms with Crippen LogP contribution in [0, 0.1) is 13.8 Å². The lowest BCUT2D eigenvalue weighted by atomic mass is 10.2. The molecule has 0 aliphatic carbocycles. The molecule has 0 radical (unpaired) electrons. The van der Waals surface area contributed by atoms with E-state index in [1.54, 1.807) is 0 Å². The van der Waals surface area contributed by atoms with Crippen molar-refractivity contribution in [2.75, 3.05) is 5.32 Å². The quantitative estimate of drug-likeness (QED) is 0.547. The lowest BCUT2D eigenvalue weighted by Crippen LogP contribution is -2.27. The minimum absolute atomic E-state index is 0.875. The number of hydrogen-bond donors (Lipinski definition) is 1. The number of pyridine rings is 1. The second-order valence-electron chi connectivity index (χ2n) is 6.11. The Bertz CT molecular complexity index is 790. The molecule has 0 saturated heterocycles. The molecular weight excluding hydrogens is 284 g/mol. The molecule has 23 heavy (non-hydrogen) atoms. The lowest BCUT2D eigenvalue weighted by molar-refractivity contribution is -0.504. The molecule has 1 N–H and O–H groups in total. The number of nitrogens with zero attached hydrogens (tertiary/aromatic N) is 3. The highest BCUT2D eigenvalue weighted by Gasteiger charge is 2.20. The Balaban J connectivity index is 2.03. The van der Waals surface area contributed by atoms with Gasteiger partial charge < -0.3 is 0 Å². The van der Waals surface area contributed by atoms with Crippen LogP contribution in [0.1, 0.15) is 37.4 Å². The van der Waals surface area contributed by atoms with Crippen LogP contribution in [0.15, 0.2) is 42.5 Å². The predicted octanol–water partition coefficient (Wildman–Crippen LogP) is 4.17. The first kappa shape index (κ1) is 15.5. The summed E-state index contributed by atoms with van der Waals surface area (Å²) in [6, 6.07) is 14.6. The van der Waals surface area contributed by atoms with E-state index >= 15 is 0 Å². The number of anilines is 2. The fraction of sp³-hybridized carbons (Fsp3) is 0.368. The molecule has 0 aliphatic heterocycles. The maximum Gasteiger partial charge on any atom is 0.387 e. The van der Waals surface area contributed by atoms with Gasteiger partial charge in [-0.25, -0.2) is 0 Å². The summed E-state index contributed by atoms with van der Waals surface area (Å²) in [6.45, 7) is 7.46. The Morgan fingerprint density at radius 2 is 1.87 bits per heavy atom. The monoisotopic (exact) mass is 309 g/mol. The summed E-state index contributed by atoms with van der Waals surface area (Å²) in [7, 11) is 0. The van der Waals surface area contributed by atoms with E-state index in [9.17, 15) is 0 Å². The van der Waals surface area contributed by atoms with E-state index in [4.69, 9.17) is 5.10 Å². The fourth-order valence-electron chi connectivity index (χ4n) is 2.97. The molecular formula is C19H25N4+. The van der Waals surface area contributed by atoms with Crippen LogP contribution in [-0.2, 0) is 6.54 Å². The van der Waals surface area contributed by atoms with E-state index in [0.29, 0.717) is 0 Å². The Morgan fingerprint density at radius 3 is 2.61 bits per heavy atom. The minimum atomic E-state index is 0.875. The SMILES string of the molecule is CCCCCn1nc(Nc2ccccc2)[n+]2c(C)cc(C)cc12. The molecule has 3 aromatic rings. The van der Waals surface area contributed by atoms with Gasteiger partial charge in [-0.1, -0.05) is 38.0 Å². The van der Waals surface area contributed by atoms with Crippen molar-refractivity contribution in [3.8, 4) is 0 Å². The Labute approximate surface area is 137 Å². The molecule has 2 aromatic heterocycles. The molecule has 0 amide bonds. The maximum absolute atomic E-state index is 4.83. The van der Waals surface area contributed by atoms with Crippen molar-refractivity contribution in [2.45, 2.75) is 46.6 Å². The second kappa shape index (κ2) is 6.82. The third-order valence-electron chi connectivity index (χ3n) is 4.07. The summed E-state index contributed by atoms with van der Waals surface area (Å²) in [5.74, 6) is 0.875. The smallest absolute Gasteiger partial charge is 0.260 e. The van der Waals surface area contributed by atoms with E-state index < -0.39 is 0 Å². The lowest BCUT2D eigenvalue weighted by Gasteiger charge is -2.02. The van der Waals surface area contributed by atoms with Crippen molar-refractivity contribution in [1.82, 2.24) is 9.78 Å². The van der Waals surface area contributed by atoms with Crippen molar-refractivity contribution in [3.05, 3.63) is 53.7 Å². The largest absolute Gasteiger partial charge is 0.387 e. The van der Waals surface area contributed by atoms with Crippen molar-refractivity contribution >= 4 is 17.3 Å². The molecule has 0 spiro atoms. The predicted molar refractivity (Wildman–Crippen MR) is 94.1 cm³/mol. The Morgan fingerprint density at radius 1 is 1.09 bits per heavy atom. The van der Waals surface area contributed by atoms with Crippen molar-refractivity contribution in [3.63, 3.8) is 0 Å². The van der Waals surface area contributed by atoms with Gasteiger partial charge in [-0.05, 0) is 44.0 Å². The summed E-state index contributed by atoms with van der Waals surface area (Å²) >= 11 is 0. The van der Waals surface area contributed by atoms with Crippen LogP contribution in [0.25, 0.3) is 5.65 Å². The molecule has 4 nitrogen and oxygen atoms in total. The van der Waals surface area contributed by atoms with E-state index in [2.05, 4.69) is 59.4 Å². The molecule has 2 heterocycles. The van der Waals surface area contributed by atoms with Crippen LogP contribution >= 0.6 is 0 Å². The number of hydrogen-bond acceptors (Lipinski definition) is 2. The molecule has 4 heteroatoms. The van der Waals surface area contributed by atoms with Gasteiger partial charge in [0.2, 0.25) is 5.65 Å². The number of unbranched alkanes of at least 4 members (excludes halogenated alkanes) is 2. The van der Waals surface area contributed by atoms with Crippen LogP contribution < -0.4 is 9.72 Å². The van der Waals surface area contributed by atoms with Gasteiger partial charge in [-0.3, -0.25) is 5.32 Å². The first-order valence-electron chi connectivity index (χ1n) is 8.41. The normalized spacial score (nSPS) is 11.1. The number of para-hydroxylation sites is 1. The Kier molecular flexibility index (Phi) is 4.60. The number of benzene rings is 1. The fourth-order valence-corrected chi connectivity index (χ4v) is 2.97.